The highest BCUT2D eigenvalue weighted by molar-refractivity contribution is 5.68. The first-order chi connectivity index (χ1) is 13.2. The van der Waals surface area contributed by atoms with Crippen LogP contribution in [0.15, 0.2) is 47.4 Å². The molecule has 1 aliphatic rings. The average Bonchev–Trinajstić information content (AvgIpc) is 3.08. The molecule has 3 heterocycles. The van der Waals surface area contributed by atoms with Gasteiger partial charge in [0.1, 0.15) is 0 Å². The Hall–Kier alpha value is -3.42. The summed E-state index contributed by atoms with van der Waals surface area (Å²) in [5.41, 5.74) is 3.78. The number of anilines is 4. The van der Waals surface area contributed by atoms with Crippen LogP contribution in [0, 0.1) is 6.92 Å². The number of para-hydroxylation sites is 1. The molecule has 0 aliphatic carbocycles. The Labute approximate surface area is 156 Å². The predicted octanol–water partition coefficient (Wildman–Crippen LogP) is 2.09. The number of aromatic amines is 1. The molecular weight excluding hydrogens is 342 g/mol. The van der Waals surface area contributed by atoms with Crippen LogP contribution in [0.3, 0.4) is 0 Å². The van der Waals surface area contributed by atoms with Gasteiger partial charge in [-0.25, -0.2) is 15.0 Å². The fourth-order valence-corrected chi connectivity index (χ4v) is 3.14. The highest BCUT2D eigenvalue weighted by atomic mass is 16.1. The number of hydrogen-bond donors (Lipinski definition) is 3. The molecule has 3 N–H and O–H groups in total. The van der Waals surface area contributed by atoms with Crippen molar-refractivity contribution in [1.82, 2.24) is 19.9 Å². The van der Waals surface area contributed by atoms with E-state index in [0.29, 0.717) is 30.7 Å². The van der Waals surface area contributed by atoms with E-state index in [9.17, 15) is 4.79 Å². The SMILES string of the molecule is Cc1cc(=O)[nH]c(NCCNc2ncc3c(n2)CCN3c2ccccc2)n1. The minimum absolute atomic E-state index is 0.164. The maximum atomic E-state index is 11.4. The van der Waals surface area contributed by atoms with Crippen LogP contribution in [0.4, 0.5) is 23.3 Å². The highest BCUT2D eigenvalue weighted by Crippen LogP contribution is 2.32. The number of aromatic nitrogens is 4. The molecule has 0 fully saturated rings. The second kappa shape index (κ2) is 7.45. The van der Waals surface area contributed by atoms with Gasteiger partial charge in [-0.15, -0.1) is 0 Å². The second-order valence-corrected chi connectivity index (χ2v) is 6.35. The average molecular weight is 363 g/mol. The second-order valence-electron chi connectivity index (χ2n) is 6.35. The van der Waals surface area contributed by atoms with Crippen molar-refractivity contribution in [2.75, 3.05) is 35.2 Å². The largest absolute Gasteiger partial charge is 0.354 e. The summed E-state index contributed by atoms with van der Waals surface area (Å²) >= 11 is 0. The molecule has 3 aromatic rings. The normalized spacial score (nSPS) is 12.7. The molecule has 1 aromatic carbocycles. The van der Waals surface area contributed by atoms with E-state index in [0.717, 1.165) is 30.0 Å². The van der Waals surface area contributed by atoms with Crippen LogP contribution in [-0.4, -0.2) is 39.6 Å². The van der Waals surface area contributed by atoms with Crippen LogP contribution in [0.1, 0.15) is 11.4 Å². The molecule has 0 unspecified atom stereocenters. The maximum Gasteiger partial charge on any atom is 0.252 e. The van der Waals surface area contributed by atoms with E-state index < -0.39 is 0 Å². The summed E-state index contributed by atoms with van der Waals surface area (Å²) in [6.07, 6.45) is 2.77. The minimum atomic E-state index is -0.164. The van der Waals surface area contributed by atoms with Crippen LogP contribution in [0.5, 0.6) is 0 Å². The summed E-state index contributed by atoms with van der Waals surface area (Å²) in [5.74, 6) is 1.08. The smallest absolute Gasteiger partial charge is 0.252 e. The molecule has 0 saturated heterocycles. The Morgan fingerprint density at radius 1 is 1.15 bits per heavy atom. The third kappa shape index (κ3) is 3.89. The maximum absolute atomic E-state index is 11.4. The van der Waals surface area contributed by atoms with Crippen molar-refractivity contribution in [3.05, 3.63) is 64.3 Å². The van der Waals surface area contributed by atoms with Gasteiger partial charge < -0.3 is 15.5 Å². The Balaban J connectivity index is 1.35. The van der Waals surface area contributed by atoms with Gasteiger partial charge in [0.05, 0.1) is 17.6 Å². The molecule has 0 amide bonds. The lowest BCUT2D eigenvalue weighted by molar-refractivity contribution is 0.958. The monoisotopic (exact) mass is 363 g/mol. The summed E-state index contributed by atoms with van der Waals surface area (Å²) in [4.78, 5) is 29.6. The molecule has 8 heteroatoms. The molecule has 4 rings (SSSR count). The van der Waals surface area contributed by atoms with Gasteiger partial charge in [0, 0.05) is 43.5 Å². The molecule has 0 spiro atoms. The lowest BCUT2D eigenvalue weighted by Gasteiger charge is -2.18. The third-order valence-corrected chi connectivity index (χ3v) is 4.35. The van der Waals surface area contributed by atoms with Crippen molar-refractivity contribution in [2.45, 2.75) is 13.3 Å². The van der Waals surface area contributed by atoms with E-state index in [4.69, 9.17) is 0 Å². The van der Waals surface area contributed by atoms with Crippen molar-refractivity contribution in [3.63, 3.8) is 0 Å². The van der Waals surface area contributed by atoms with Crippen molar-refractivity contribution in [3.8, 4) is 0 Å². The Bertz CT molecular complexity index is 987. The van der Waals surface area contributed by atoms with Gasteiger partial charge in [-0.2, -0.15) is 0 Å². The Morgan fingerprint density at radius 2 is 1.96 bits per heavy atom. The van der Waals surface area contributed by atoms with E-state index in [1.165, 1.54) is 6.07 Å². The molecule has 0 bridgehead atoms. The van der Waals surface area contributed by atoms with Crippen LogP contribution in [0.25, 0.3) is 0 Å². The number of nitrogens with zero attached hydrogens (tertiary/aromatic N) is 4. The molecule has 0 saturated carbocycles. The van der Waals surface area contributed by atoms with Gasteiger partial charge in [-0.3, -0.25) is 9.78 Å². The third-order valence-electron chi connectivity index (χ3n) is 4.35. The molecule has 0 radical (unpaired) electrons. The van der Waals surface area contributed by atoms with Crippen molar-refractivity contribution < 1.29 is 0 Å². The quantitative estimate of drug-likeness (QED) is 0.577. The summed E-state index contributed by atoms with van der Waals surface area (Å²) < 4.78 is 0. The molecule has 0 atom stereocenters. The zero-order chi connectivity index (χ0) is 18.6. The zero-order valence-corrected chi connectivity index (χ0v) is 15.1. The minimum Gasteiger partial charge on any atom is -0.354 e. The van der Waals surface area contributed by atoms with Gasteiger partial charge in [-0.05, 0) is 19.1 Å². The van der Waals surface area contributed by atoms with Gasteiger partial charge in [0.15, 0.2) is 0 Å². The van der Waals surface area contributed by atoms with E-state index >= 15 is 0 Å². The van der Waals surface area contributed by atoms with Gasteiger partial charge in [0.25, 0.3) is 5.56 Å². The molecule has 2 aromatic heterocycles. The van der Waals surface area contributed by atoms with E-state index in [2.05, 4.69) is 47.6 Å². The molecule has 138 valence electrons. The fraction of sp³-hybridized carbons (Fsp3) is 0.263. The predicted molar refractivity (Wildman–Crippen MR) is 106 cm³/mol. The van der Waals surface area contributed by atoms with Gasteiger partial charge in [-0.1, -0.05) is 18.2 Å². The molecule has 27 heavy (non-hydrogen) atoms. The number of nitrogens with one attached hydrogen (secondary N) is 3. The Morgan fingerprint density at radius 3 is 2.78 bits per heavy atom. The number of aryl methyl sites for hydroxylation is 1. The standard InChI is InChI=1S/C19H21N7O/c1-13-11-17(27)25-19(23-13)21-9-8-20-18-22-12-16-15(24-18)7-10-26(16)14-5-3-2-4-6-14/h2-6,11-12H,7-10H2,1H3,(H,20,22,24)(H2,21,23,25,27). The first kappa shape index (κ1) is 17.0. The fourth-order valence-electron chi connectivity index (χ4n) is 3.14. The summed E-state index contributed by atoms with van der Waals surface area (Å²) in [6.45, 7) is 3.89. The number of hydrogen-bond acceptors (Lipinski definition) is 7. The first-order valence-electron chi connectivity index (χ1n) is 8.93. The van der Waals surface area contributed by atoms with Crippen LogP contribution >= 0.6 is 0 Å². The lowest BCUT2D eigenvalue weighted by atomic mass is 10.3. The van der Waals surface area contributed by atoms with E-state index in [1.807, 2.05) is 24.4 Å². The number of H-pyrrole nitrogens is 1. The van der Waals surface area contributed by atoms with Crippen molar-refractivity contribution >= 4 is 23.3 Å². The first-order valence-corrected chi connectivity index (χ1v) is 8.93. The lowest BCUT2D eigenvalue weighted by Crippen LogP contribution is -2.19. The van der Waals surface area contributed by atoms with Crippen molar-refractivity contribution in [2.24, 2.45) is 0 Å². The van der Waals surface area contributed by atoms with E-state index in [-0.39, 0.29) is 5.56 Å². The number of fused-ring (bicyclic) bond motifs is 1. The number of benzene rings is 1. The van der Waals surface area contributed by atoms with Crippen LogP contribution < -0.4 is 21.1 Å². The summed E-state index contributed by atoms with van der Waals surface area (Å²) in [5, 5.41) is 6.29. The molecular formula is C19H21N7O. The Kier molecular flexibility index (Phi) is 4.69. The van der Waals surface area contributed by atoms with Crippen LogP contribution in [-0.2, 0) is 6.42 Å². The highest BCUT2D eigenvalue weighted by Gasteiger charge is 2.22. The number of rotatable bonds is 6. The van der Waals surface area contributed by atoms with Crippen LogP contribution in [0.2, 0.25) is 0 Å². The molecule has 1 aliphatic heterocycles. The summed E-state index contributed by atoms with van der Waals surface area (Å²) in [6, 6.07) is 11.7. The van der Waals surface area contributed by atoms with Gasteiger partial charge in [0.2, 0.25) is 11.9 Å². The molecule has 8 nitrogen and oxygen atoms in total. The van der Waals surface area contributed by atoms with Crippen molar-refractivity contribution in [1.29, 1.82) is 0 Å². The zero-order valence-electron chi connectivity index (χ0n) is 15.1. The summed E-state index contributed by atoms with van der Waals surface area (Å²) in [7, 11) is 0. The van der Waals surface area contributed by atoms with E-state index in [1.54, 1.807) is 6.92 Å². The topological polar surface area (TPSA) is 98.8 Å². The van der Waals surface area contributed by atoms with Gasteiger partial charge >= 0.3 is 0 Å².